The molecule has 2 aromatic rings. The van der Waals surface area contributed by atoms with E-state index >= 15 is 0 Å². The number of hydrogen-bond donors (Lipinski definition) is 0. The molecule has 6 heteroatoms. The molecule has 0 unspecified atom stereocenters. The molecule has 0 bridgehead atoms. The summed E-state index contributed by atoms with van der Waals surface area (Å²) in [5.41, 5.74) is 1.12. The van der Waals surface area contributed by atoms with Gasteiger partial charge >= 0.3 is 0 Å². The summed E-state index contributed by atoms with van der Waals surface area (Å²) in [5, 5.41) is 9.07. The van der Waals surface area contributed by atoms with E-state index in [0.717, 1.165) is 0 Å². The fraction of sp³-hybridized carbons (Fsp3) is 0.133. The van der Waals surface area contributed by atoms with Crippen LogP contribution in [0.25, 0.3) is 6.08 Å². The highest BCUT2D eigenvalue weighted by Gasteiger charge is 2.18. The van der Waals surface area contributed by atoms with Crippen LogP contribution in [0.15, 0.2) is 52.2 Å². The van der Waals surface area contributed by atoms with Crippen LogP contribution in [0.4, 0.5) is 0 Å². The summed E-state index contributed by atoms with van der Waals surface area (Å²) in [6, 6.07) is 9.98. The lowest BCUT2D eigenvalue weighted by Crippen LogP contribution is -2.06. The third-order valence-corrected chi connectivity index (χ3v) is 4.39. The Labute approximate surface area is 123 Å². The fourth-order valence-electron chi connectivity index (χ4n) is 1.72. The van der Waals surface area contributed by atoms with Crippen molar-refractivity contribution in [3.63, 3.8) is 0 Å². The molecule has 1 aromatic heterocycles. The molecule has 108 valence electrons. The summed E-state index contributed by atoms with van der Waals surface area (Å²) >= 11 is 0. The van der Waals surface area contributed by atoms with Gasteiger partial charge in [0, 0.05) is 5.56 Å². The number of allylic oxidation sites excluding steroid dienone is 1. The molecule has 0 atom stereocenters. The zero-order valence-electron chi connectivity index (χ0n) is 11.3. The van der Waals surface area contributed by atoms with Crippen LogP contribution >= 0.6 is 0 Å². The van der Waals surface area contributed by atoms with E-state index in [1.807, 2.05) is 0 Å². The van der Waals surface area contributed by atoms with E-state index in [0.29, 0.717) is 16.9 Å². The Morgan fingerprint density at radius 2 is 2.05 bits per heavy atom. The molecule has 0 radical (unpaired) electrons. The van der Waals surface area contributed by atoms with E-state index < -0.39 is 9.84 Å². The number of methoxy groups -OCH3 is 1. The lowest BCUT2D eigenvalue weighted by Gasteiger charge is -2.04. The van der Waals surface area contributed by atoms with Crippen LogP contribution in [0.3, 0.4) is 0 Å². The molecule has 0 amide bonds. The van der Waals surface area contributed by atoms with Crippen LogP contribution in [0, 0.1) is 11.3 Å². The minimum Gasteiger partial charge on any atom is -0.497 e. The van der Waals surface area contributed by atoms with Gasteiger partial charge in [-0.1, -0.05) is 12.1 Å². The Balaban J connectivity index is 2.26. The Hall–Kier alpha value is -2.52. The number of sulfone groups is 1. The van der Waals surface area contributed by atoms with E-state index in [1.165, 1.54) is 25.7 Å². The number of rotatable bonds is 5. The first-order valence-corrected chi connectivity index (χ1v) is 7.70. The molecule has 0 fully saturated rings. The molecule has 1 heterocycles. The quantitative estimate of drug-likeness (QED) is 0.793. The fourth-order valence-corrected chi connectivity index (χ4v) is 2.96. The standard InChI is InChI=1S/C15H13NO4S/c1-19-14-4-2-12(3-5-14)11-21(17,18)15(9-16)8-13-6-7-20-10-13/h2-8,10H,11H2,1H3/b15-8+. The van der Waals surface area contributed by atoms with E-state index in [-0.39, 0.29) is 10.7 Å². The molecule has 0 N–H and O–H groups in total. The zero-order valence-corrected chi connectivity index (χ0v) is 12.1. The number of furan rings is 1. The Kier molecular flexibility index (Phi) is 4.45. The smallest absolute Gasteiger partial charge is 0.192 e. The summed E-state index contributed by atoms with van der Waals surface area (Å²) in [6.07, 6.45) is 4.08. The minimum atomic E-state index is -3.70. The van der Waals surface area contributed by atoms with Gasteiger partial charge in [0.2, 0.25) is 0 Å². The normalized spacial score (nSPS) is 11.9. The maximum Gasteiger partial charge on any atom is 0.192 e. The van der Waals surface area contributed by atoms with E-state index in [1.54, 1.807) is 36.4 Å². The van der Waals surface area contributed by atoms with Gasteiger partial charge in [0.25, 0.3) is 0 Å². The first kappa shape index (κ1) is 14.9. The molecule has 0 aliphatic carbocycles. The topological polar surface area (TPSA) is 80.3 Å². The van der Waals surface area contributed by atoms with Crippen LogP contribution in [0.5, 0.6) is 5.75 Å². The second-order valence-electron chi connectivity index (χ2n) is 4.28. The Morgan fingerprint density at radius 1 is 1.33 bits per heavy atom. The summed E-state index contributed by atoms with van der Waals surface area (Å²) in [7, 11) is -2.17. The van der Waals surface area contributed by atoms with Gasteiger partial charge in [-0.3, -0.25) is 0 Å². The predicted octanol–water partition coefficient (Wildman–Crippen LogP) is 2.77. The lowest BCUT2D eigenvalue weighted by molar-refractivity contribution is 0.414. The van der Waals surface area contributed by atoms with Crippen molar-refractivity contribution in [2.24, 2.45) is 0 Å². The van der Waals surface area contributed by atoms with Gasteiger partial charge in [0.15, 0.2) is 9.84 Å². The highest BCUT2D eigenvalue weighted by molar-refractivity contribution is 7.95. The average Bonchev–Trinajstić information content (AvgIpc) is 2.98. The maximum atomic E-state index is 12.3. The molecule has 0 aliphatic heterocycles. The van der Waals surface area contributed by atoms with E-state index in [2.05, 4.69) is 0 Å². The molecule has 21 heavy (non-hydrogen) atoms. The van der Waals surface area contributed by atoms with Crippen molar-refractivity contribution >= 4 is 15.9 Å². The molecular weight excluding hydrogens is 290 g/mol. The first-order chi connectivity index (χ1) is 10.0. The maximum absolute atomic E-state index is 12.3. The van der Waals surface area contributed by atoms with E-state index in [9.17, 15) is 8.42 Å². The van der Waals surface area contributed by atoms with Crippen LogP contribution in [0.1, 0.15) is 11.1 Å². The largest absolute Gasteiger partial charge is 0.497 e. The molecule has 5 nitrogen and oxygen atoms in total. The van der Waals surface area contributed by atoms with Gasteiger partial charge in [-0.2, -0.15) is 5.26 Å². The molecule has 0 spiro atoms. The summed E-state index contributed by atoms with van der Waals surface area (Å²) in [6.45, 7) is 0. The number of nitrogens with zero attached hydrogens (tertiary/aromatic N) is 1. The van der Waals surface area contributed by atoms with Crippen LogP contribution in [-0.4, -0.2) is 15.5 Å². The molecule has 0 saturated heterocycles. The van der Waals surface area contributed by atoms with Crippen molar-refractivity contribution in [1.82, 2.24) is 0 Å². The van der Waals surface area contributed by atoms with Crippen molar-refractivity contribution in [2.75, 3.05) is 7.11 Å². The van der Waals surface area contributed by atoms with Gasteiger partial charge in [-0.25, -0.2) is 8.42 Å². The van der Waals surface area contributed by atoms with Gasteiger partial charge in [0.1, 0.15) is 16.7 Å². The van der Waals surface area contributed by atoms with Gasteiger partial charge in [-0.05, 0) is 29.8 Å². The summed E-state index contributed by atoms with van der Waals surface area (Å²) < 4.78 is 34.4. The van der Waals surface area contributed by atoms with Crippen molar-refractivity contribution < 1.29 is 17.6 Å². The molecular formula is C15H13NO4S. The number of ether oxygens (including phenoxy) is 1. The molecule has 0 aliphatic rings. The Bertz CT molecular complexity index is 766. The van der Waals surface area contributed by atoms with Gasteiger partial charge in [-0.15, -0.1) is 0 Å². The monoisotopic (exact) mass is 303 g/mol. The van der Waals surface area contributed by atoms with Crippen LogP contribution in [0.2, 0.25) is 0 Å². The van der Waals surface area contributed by atoms with Crippen LogP contribution < -0.4 is 4.74 Å². The van der Waals surface area contributed by atoms with Gasteiger partial charge in [0.05, 0.1) is 25.4 Å². The van der Waals surface area contributed by atoms with Crippen molar-refractivity contribution in [3.8, 4) is 11.8 Å². The Morgan fingerprint density at radius 3 is 2.57 bits per heavy atom. The summed E-state index contributed by atoms with van der Waals surface area (Å²) in [4.78, 5) is -0.292. The third kappa shape index (κ3) is 3.74. The summed E-state index contributed by atoms with van der Waals surface area (Å²) in [5.74, 6) is 0.402. The molecule has 0 saturated carbocycles. The van der Waals surface area contributed by atoms with Crippen molar-refractivity contribution in [1.29, 1.82) is 5.26 Å². The second kappa shape index (κ2) is 6.29. The molecule has 1 aromatic carbocycles. The van der Waals surface area contributed by atoms with Crippen molar-refractivity contribution in [2.45, 2.75) is 5.75 Å². The number of benzene rings is 1. The minimum absolute atomic E-state index is 0.242. The predicted molar refractivity (Wildman–Crippen MR) is 77.9 cm³/mol. The third-order valence-electron chi connectivity index (χ3n) is 2.80. The SMILES string of the molecule is COc1ccc(CS(=O)(=O)/C(C#N)=C/c2ccoc2)cc1. The number of nitriles is 1. The zero-order chi connectivity index (χ0) is 15.3. The van der Waals surface area contributed by atoms with Gasteiger partial charge < -0.3 is 9.15 Å². The lowest BCUT2D eigenvalue weighted by atomic mass is 10.2. The first-order valence-electron chi connectivity index (χ1n) is 6.05. The average molecular weight is 303 g/mol. The second-order valence-corrected chi connectivity index (χ2v) is 6.24. The number of hydrogen-bond acceptors (Lipinski definition) is 5. The van der Waals surface area contributed by atoms with Crippen molar-refractivity contribution in [3.05, 3.63) is 58.9 Å². The molecule has 2 rings (SSSR count). The highest BCUT2D eigenvalue weighted by Crippen LogP contribution is 2.19. The van der Waals surface area contributed by atoms with E-state index in [4.69, 9.17) is 14.4 Å². The highest BCUT2D eigenvalue weighted by atomic mass is 32.2. The van der Waals surface area contributed by atoms with Crippen LogP contribution in [-0.2, 0) is 15.6 Å².